The minimum atomic E-state index is 0.313. The van der Waals surface area contributed by atoms with Crippen molar-refractivity contribution in [3.63, 3.8) is 0 Å². The van der Waals surface area contributed by atoms with E-state index >= 15 is 0 Å². The van der Waals surface area contributed by atoms with Crippen molar-refractivity contribution >= 4 is 47.0 Å². The third-order valence-electron chi connectivity index (χ3n) is 4.26. The van der Waals surface area contributed by atoms with Crippen molar-refractivity contribution in [3.05, 3.63) is 0 Å². The summed E-state index contributed by atoms with van der Waals surface area (Å²) in [5.74, 6) is 10.5. The predicted octanol–water partition coefficient (Wildman–Crippen LogP) is 6.13. The molecule has 1 rings (SSSR count). The largest absolute Gasteiger partial charge is 0.309 e. The lowest BCUT2D eigenvalue weighted by Crippen LogP contribution is -2.49. The molecule has 1 nitrogen and oxygen atoms in total. The van der Waals surface area contributed by atoms with Gasteiger partial charge in [-0.1, -0.05) is 41.5 Å². The van der Waals surface area contributed by atoms with E-state index in [0.717, 1.165) is 0 Å². The molecule has 0 aromatic rings. The van der Waals surface area contributed by atoms with E-state index in [9.17, 15) is 0 Å². The predicted molar refractivity (Wildman–Crippen MR) is 128 cm³/mol. The van der Waals surface area contributed by atoms with Crippen molar-refractivity contribution in [3.8, 4) is 0 Å². The second-order valence-corrected chi connectivity index (χ2v) is 14.0. The Morgan fingerprint density at radius 3 is 1.68 bits per heavy atom. The first kappa shape index (κ1) is 24.4. The molecule has 1 saturated heterocycles. The highest BCUT2D eigenvalue weighted by atomic mass is 32.2. The van der Waals surface area contributed by atoms with Crippen LogP contribution in [0.4, 0.5) is 0 Å². The highest BCUT2D eigenvalue weighted by Gasteiger charge is 2.30. The molecular weight excluding hydrogens is 382 g/mol. The Morgan fingerprint density at radius 1 is 0.760 bits per heavy atom. The van der Waals surface area contributed by atoms with Crippen LogP contribution in [0.2, 0.25) is 0 Å². The van der Waals surface area contributed by atoms with Crippen LogP contribution in [0.15, 0.2) is 0 Å². The lowest BCUT2D eigenvalue weighted by atomic mass is 9.76. The van der Waals surface area contributed by atoms with E-state index in [1.807, 2.05) is 0 Å². The quantitative estimate of drug-likeness (QED) is 0.584. The Morgan fingerprint density at radius 2 is 1.24 bits per heavy atom. The first-order valence-electron chi connectivity index (χ1n) is 9.75. The number of hydrogen-bond donors (Lipinski definition) is 1. The average Bonchev–Trinajstić information content (AvgIpc) is 2.48. The zero-order chi connectivity index (χ0) is 18.8. The Balaban J connectivity index is 2.60. The van der Waals surface area contributed by atoms with Gasteiger partial charge in [0.2, 0.25) is 0 Å². The topological polar surface area (TPSA) is 12.0 Å². The van der Waals surface area contributed by atoms with Crippen LogP contribution in [0.5, 0.6) is 0 Å². The molecule has 1 N–H and O–H groups in total. The van der Waals surface area contributed by atoms with Crippen molar-refractivity contribution in [2.75, 3.05) is 46.0 Å². The molecule has 0 bridgehead atoms. The molecule has 0 aliphatic carbocycles. The number of nitrogens with one attached hydrogen (secondary N) is 1. The maximum Gasteiger partial charge on any atom is 0.0251 e. The van der Waals surface area contributed by atoms with Gasteiger partial charge in [0.05, 0.1) is 0 Å². The molecule has 1 aliphatic rings. The molecule has 0 aromatic heterocycles. The SMILES string of the molecule is CC(C)(C)CC(NC1CSCCSCCCSCCSC1)C(C)(C)C. The van der Waals surface area contributed by atoms with Crippen LogP contribution < -0.4 is 5.32 Å². The van der Waals surface area contributed by atoms with E-state index in [0.29, 0.717) is 22.9 Å². The van der Waals surface area contributed by atoms with Crippen LogP contribution in [0.3, 0.4) is 0 Å². The van der Waals surface area contributed by atoms with E-state index in [4.69, 9.17) is 0 Å². The van der Waals surface area contributed by atoms with Crippen LogP contribution in [-0.4, -0.2) is 58.1 Å². The van der Waals surface area contributed by atoms with Crippen molar-refractivity contribution < 1.29 is 0 Å². The third kappa shape index (κ3) is 13.2. The normalized spacial score (nSPS) is 22.3. The Hall–Kier alpha value is 1.36. The monoisotopic (exact) mass is 423 g/mol. The van der Waals surface area contributed by atoms with Gasteiger partial charge in [0.15, 0.2) is 0 Å². The van der Waals surface area contributed by atoms with Gasteiger partial charge in [0.25, 0.3) is 0 Å². The van der Waals surface area contributed by atoms with Crippen molar-refractivity contribution in [1.29, 1.82) is 0 Å². The summed E-state index contributed by atoms with van der Waals surface area (Å²) in [7, 11) is 0. The number of thioether (sulfide) groups is 4. The molecule has 1 heterocycles. The fourth-order valence-corrected chi connectivity index (χ4v) is 7.46. The second kappa shape index (κ2) is 12.7. The van der Waals surface area contributed by atoms with E-state index in [-0.39, 0.29) is 0 Å². The van der Waals surface area contributed by atoms with Crippen molar-refractivity contribution in [1.82, 2.24) is 5.32 Å². The van der Waals surface area contributed by atoms with E-state index in [1.54, 1.807) is 0 Å². The van der Waals surface area contributed by atoms with E-state index < -0.39 is 0 Å². The summed E-state index contributed by atoms with van der Waals surface area (Å²) < 4.78 is 0. The van der Waals surface area contributed by atoms with Gasteiger partial charge in [0.1, 0.15) is 0 Å². The lowest BCUT2D eigenvalue weighted by molar-refractivity contribution is 0.186. The van der Waals surface area contributed by atoms with Gasteiger partial charge in [-0.25, -0.2) is 0 Å². The smallest absolute Gasteiger partial charge is 0.0251 e. The Kier molecular flexibility index (Phi) is 12.4. The van der Waals surface area contributed by atoms with Gasteiger partial charge in [0, 0.05) is 46.6 Å². The minimum Gasteiger partial charge on any atom is -0.309 e. The molecule has 0 saturated carbocycles. The summed E-state index contributed by atoms with van der Waals surface area (Å²) in [4.78, 5) is 0. The maximum atomic E-state index is 4.08. The van der Waals surface area contributed by atoms with Crippen molar-refractivity contribution in [2.45, 2.75) is 66.5 Å². The summed E-state index contributed by atoms with van der Waals surface area (Å²) in [5, 5.41) is 4.08. The molecule has 25 heavy (non-hydrogen) atoms. The standard InChI is InChI=1S/C20H41NS4/c1-19(2,3)14-18(20(4,5)6)21-17-15-24-12-10-22-8-7-9-23-11-13-25-16-17/h17-18,21H,7-16H2,1-6H3. The molecule has 1 aliphatic heterocycles. The van der Waals surface area contributed by atoms with Crippen molar-refractivity contribution in [2.24, 2.45) is 10.8 Å². The Bertz CT molecular complexity index is 322. The molecule has 5 heteroatoms. The Labute approximate surface area is 175 Å². The van der Waals surface area contributed by atoms with Crippen LogP contribution >= 0.6 is 47.0 Å². The van der Waals surface area contributed by atoms with Gasteiger partial charge >= 0.3 is 0 Å². The van der Waals surface area contributed by atoms with Crippen LogP contribution in [-0.2, 0) is 0 Å². The first-order chi connectivity index (χ1) is 11.7. The molecule has 0 aromatic carbocycles. The molecule has 1 fully saturated rings. The van der Waals surface area contributed by atoms with E-state index in [1.165, 1.54) is 58.9 Å². The molecule has 1 atom stereocenters. The molecular formula is C20H41NS4. The van der Waals surface area contributed by atoms with Gasteiger partial charge in [-0.3, -0.25) is 0 Å². The summed E-state index contributed by atoms with van der Waals surface area (Å²) in [6, 6.07) is 1.22. The van der Waals surface area contributed by atoms with Gasteiger partial charge < -0.3 is 5.32 Å². The third-order valence-corrected chi connectivity index (χ3v) is 9.18. The molecule has 0 spiro atoms. The zero-order valence-electron chi connectivity index (χ0n) is 17.4. The fraction of sp³-hybridized carbons (Fsp3) is 1.00. The highest BCUT2D eigenvalue weighted by Crippen LogP contribution is 2.31. The summed E-state index contributed by atoms with van der Waals surface area (Å²) in [5.41, 5.74) is 0.688. The summed E-state index contributed by atoms with van der Waals surface area (Å²) in [6.45, 7) is 14.3. The van der Waals surface area contributed by atoms with E-state index in [2.05, 4.69) is 93.9 Å². The number of hydrogen-bond acceptors (Lipinski definition) is 5. The van der Waals surface area contributed by atoms with Gasteiger partial charge in [-0.15, -0.1) is 0 Å². The lowest BCUT2D eigenvalue weighted by Gasteiger charge is -2.39. The molecule has 1 unspecified atom stereocenters. The summed E-state index contributed by atoms with van der Waals surface area (Å²) in [6.07, 6.45) is 2.63. The molecule has 0 amide bonds. The molecule has 150 valence electrons. The second-order valence-electron chi connectivity index (χ2n) is 9.28. The fourth-order valence-electron chi connectivity index (χ4n) is 2.81. The van der Waals surface area contributed by atoms with Gasteiger partial charge in [-0.2, -0.15) is 47.0 Å². The maximum absolute atomic E-state index is 4.08. The average molecular weight is 424 g/mol. The first-order valence-corrected chi connectivity index (χ1v) is 14.4. The number of rotatable bonds is 3. The van der Waals surface area contributed by atoms with Crippen LogP contribution in [0.1, 0.15) is 54.4 Å². The minimum absolute atomic E-state index is 0.313. The van der Waals surface area contributed by atoms with Crippen LogP contribution in [0, 0.1) is 10.8 Å². The summed E-state index contributed by atoms with van der Waals surface area (Å²) >= 11 is 8.61. The zero-order valence-corrected chi connectivity index (χ0v) is 20.6. The van der Waals surface area contributed by atoms with Gasteiger partial charge in [-0.05, 0) is 35.2 Å². The molecule has 0 radical (unpaired) electrons. The highest BCUT2D eigenvalue weighted by molar-refractivity contribution is 8.04. The van der Waals surface area contributed by atoms with Crippen LogP contribution in [0.25, 0.3) is 0 Å².